The lowest BCUT2D eigenvalue weighted by Crippen LogP contribution is -2.56. The number of amides is 1. The maximum atomic E-state index is 12.6. The Kier molecular flexibility index (Phi) is 4.82. The van der Waals surface area contributed by atoms with Gasteiger partial charge in [0.25, 0.3) is 0 Å². The van der Waals surface area contributed by atoms with Crippen molar-refractivity contribution >= 4 is 11.6 Å². The van der Waals surface area contributed by atoms with Crippen LogP contribution in [-0.4, -0.2) is 46.0 Å². The Labute approximate surface area is 158 Å². The van der Waals surface area contributed by atoms with Crippen molar-refractivity contribution in [3.05, 3.63) is 48.3 Å². The van der Waals surface area contributed by atoms with Gasteiger partial charge in [-0.25, -0.2) is 0 Å². The summed E-state index contributed by atoms with van der Waals surface area (Å²) < 4.78 is 1.87. The van der Waals surface area contributed by atoms with Crippen molar-refractivity contribution in [2.24, 2.45) is 11.8 Å². The van der Waals surface area contributed by atoms with Crippen molar-refractivity contribution in [1.29, 1.82) is 5.26 Å². The van der Waals surface area contributed by atoms with Crippen molar-refractivity contribution < 1.29 is 9.90 Å². The highest BCUT2D eigenvalue weighted by atomic mass is 16.3. The van der Waals surface area contributed by atoms with Crippen LogP contribution in [0.5, 0.6) is 0 Å². The second-order valence-electron chi connectivity index (χ2n) is 7.48. The summed E-state index contributed by atoms with van der Waals surface area (Å²) in [7, 11) is 0. The van der Waals surface area contributed by atoms with Crippen LogP contribution in [0.15, 0.2) is 42.7 Å². The molecule has 2 aromatic rings. The van der Waals surface area contributed by atoms with E-state index in [1.54, 1.807) is 12.3 Å². The standard InChI is InChI=1S/C20H23N5O2/c21-10-15-4-1-2-5-18(15)24-12-16(13-24)20(27)23-17-8-14(9-19(17)26)11-25-7-3-6-22-25/h1-7,14,16-17,19,26H,8-9,11-13H2,(H,23,27)/t14?,17-,19-/m1/s1. The number of anilines is 1. The summed E-state index contributed by atoms with van der Waals surface area (Å²) in [5.74, 6) is 0.198. The maximum absolute atomic E-state index is 12.6. The van der Waals surface area contributed by atoms with E-state index in [2.05, 4.69) is 16.5 Å². The minimum atomic E-state index is -0.509. The minimum absolute atomic E-state index is 0.00974. The molecule has 1 aromatic heterocycles. The molecule has 1 aliphatic heterocycles. The number of aliphatic hydroxyl groups excluding tert-OH is 1. The van der Waals surface area contributed by atoms with Crippen LogP contribution in [0.2, 0.25) is 0 Å². The number of nitrogens with zero attached hydrogens (tertiary/aromatic N) is 4. The van der Waals surface area contributed by atoms with Crippen LogP contribution in [0.1, 0.15) is 18.4 Å². The zero-order valence-corrected chi connectivity index (χ0v) is 15.0. The smallest absolute Gasteiger partial charge is 0.227 e. The van der Waals surface area contributed by atoms with Crippen molar-refractivity contribution in [1.82, 2.24) is 15.1 Å². The molecule has 2 heterocycles. The fraction of sp³-hybridized carbons (Fsp3) is 0.450. The molecule has 4 rings (SSSR count). The fourth-order valence-corrected chi connectivity index (χ4v) is 4.08. The molecule has 7 heteroatoms. The quantitative estimate of drug-likeness (QED) is 0.829. The van der Waals surface area contributed by atoms with Gasteiger partial charge in [-0.1, -0.05) is 12.1 Å². The summed E-state index contributed by atoms with van der Waals surface area (Å²) in [6.45, 7) is 1.96. The molecule has 0 radical (unpaired) electrons. The van der Waals surface area contributed by atoms with E-state index in [1.165, 1.54) is 0 Å². The van der Waals surface area contributed by atoms with Gasteiger partial charge in [0.2, 0.25) is 5.91 Å². The average Bonchev–Trinajstić information content (AvgIpc) is 3.24. The van der Waals surface area contributed by atoms with Crippen LogP contribution < -0.4 is 10.2 Å². The molecular weight excluding hydrogens is 342 g/mol. The van der Waals surface area contributed by atoms with Gasteiger partial charge in [-0.2, -0.15) is 10.4 Å². The summed E-state index contributed by atoms with van der Waals surface area (Å²) in [6.07, 6.45) is 4.60. The molecule has 140 valence electrons. The van der Waals surface area contributed by atoms with E-state index in [9.17, 15) is 15.2 Å². The Hall–Kier alpha value is -2.85. The van der Waals surface area contributed by atoms with Gasteiger partial charge in [0, 0.05) is 32.0 Å². The van der Waals surface area contributed by atoms with E-state index >= 15 is 0 Å². The molecule has 3 atom stereocenters. The zero-order valence-electron chi connectivity index (χ0n) is 15.0. The molecule has 1 unspecified atom stereocenters. The molecule has 7 nitrogen and oxygen atoms in total. The molecule has 2 aliphatic rings. The Bertz CT molecular complexity index is 838. The van der Waals surface area contributed by atoms with E-state index in [4.69, 9.17) is 0 Å². The Balaban J connectivity index is 1.28. The van der Waals surface area contributed by atoms with E-state index < -0.39 is 6.10 Å². The molecule has 1 amide bonds. The summed E-state index contributed by atoms with van der Waals surface area (Å²) in [6, 6.07) is 11.3. The number of carbonyl (C=O) groups excluding carboxylic acids is 1. The van der Waals surface area contributed by atoms with Gasteiger partial charge in [0.05, 0.1) is 29.3 Å². The lowest BCUT2D eigenvalue weighted by molar-refractivity contribution is -0.127. The minimum Gasteiger partial charge on any atom is -0.391 e. The lowest BCUT2D eigenvalue weighted by atomic mass is 9.96. The highest BCUT2D eigenvalue weighted by molar-refractivity contribution is 5.82. The number of hydrogen-bond acceptors (Lipinski definition) is 5. The topological polar surface area (TPSA) is 94.2 Å². The first-order valence-electron chi connectivity index (χ1n) is 9.34. The third kappa shape index (κ3) is 3.67. The van der Waals surface area contributed by atoms with Gasteiger partial charge < -0.3 is 15.3 Å². The van der Waals surface area contributed by atoms with Crippen LogP contribution in [0.25, 0.3) is 0 Å². The number of carbonyl (C=O) groups is 1. The van der Waals surface area contributed by atoms with Crippen LogP contribution in [0, 0.1) is 23.2 Å². The van der Waals surface area contributed by atoms with E-state index in [-0.39, 0.29) is 17.9 Å². The first-order chi connectivity index (χ1) is 13.1. The number of aromatic nitrogens is 2. The Morgan fingerprint density at radius 1 is 1.30 bits per heavy atom. The molecule has 2 fully saturated rings. The summed E-state index contributed by atoms with van der Waals surface area (Å²) in [5, 5.41) is 26.8. The normalized spacial score (nSPS) is 25.0. The summed E-state index contributed by atoms with van der Waals surface area (Å²) in [4.78, 5) is 14.6. The van der Waals surface area contributed by atoms with Crippen molar-refractivity contribution in [2.45, 2.75) is 31.5 Å². The van der Waals surface area contributed by atoms with E-state index in [1.807, 2.05) is 40.0 Å². The lowest BCUT2D eigenvalue weighted by Gasteiger charge is -2.41. The average molecular weight is 365 g/mol. The summed E-state index contributed by atoms with van der Waals surface area (Å²) in [5.41, 5.74) is 1.51. The molecule has 1 saturated carbocycles. The van der Waals surface area contributed by atoms with Crippen LogP contribution in [-0.2, 0) is 11.3 Å². The third-order valence-electron chi connectivity index (χ3n) is 5.58. The second kappa shape index (κ2) is 7.41. The first kappa shape index (κ1) is 17.6. The largest absolute Gasteiger partial charge is 0.391 e. The van der Waals surface area contributed by atoms with E-state index in [0.717, 1.165) is 18.7 Å². The molecule has 1 saturated heterocycles. The molecule has 27 heavy (non-hydrogen) atoms. The molecule has 0 spiro atoms. The molecule has 2 N–H and O–H groups in total. The summed E-state index contributed by atoms with van der Waals surface area (Å²) >= 11 is 0. The predicted molar refractivity (Wildman–Crippen MR) is 99.7 cm³/mol. The zero-order chi connectivity index (χ0) is 18.8. The predicted octanol–water partition coefficient (Wildman–Crippen LogP) is 1.15. The highest BCUT2D eigenvalue weighted by Crippen LogP contribution is 2.30. The van der Waals surface area contributed by atoms with Crippen LogP contribution >= 0.6 is 0 Å². The Morgan fingerprint density at radius 3 is 2.85 bits per heavy atom. The second-order valence-corrected chi connectivity index (χ2v) is 7.48. The van der Waals surface area contributed by atoms with Gasteiger partial charge in [0.1, 0.15) is 6.07 Å². The van der Waals surface area contributed by atoms with Gasteiger partial charge in [-0.3, -0.25) is 9.48 Å². The van der Waals surface area contributed by atoms with Gasteiger partial charge in [0.15, 0.2) is 0 Å². The number of nitrogens with one attached hydrogen (secondary N) is 1. The third-order valence-corrected chi connectivity index (χ3v) is 5.58. The number of para-hydroxylation sites is 1. The number of benzene rings is 1. The van der Waals surface area contributed by atoms with Gasteiger partial charge in [-0.15, -0.1) is 0 Å². The monoisotopic (exact) mass is 365 g/mol. The van der Waals surface area contributed by atoms with Crippen molar-refractivity contribution in [3.8, 4) is 6.07 Å². The number of aliphatic hydroxyl groups is 1. The van der Waals surface area contributed by atoms with Gasteiger partial charge in [-0.05, 0) is 37.0 Å². The van der Waals surface area contributed by atoms with Gasteiger partial charge >= 0.3 is 0 Å². The maximum Gasteiger partial charge on any atom is 0.227 e. The molecular formula is C20H23N5O2. The Morgan fingerprint density at radius 2 is 2.11 bits per heavy atom. The van der Waals surface area contributed by atoms with Crippen LogP contribution in [0.3, 0.4) is 0 Å². The SMILES string of the molecule is N#Cc1ccccc1N1CC(C(=O)N[C@@H]2CC(Cn3cccn3)C[C@H]2O)C1. The molecule has 1 aliphatic carbocycles. The number of rotatable bonds is 5. The molecule has 1 aromatic carbocycles. The number of hydrogen-bond donors (Lipinski definition) is 2. The first-order valence-corrected chi connectivity index (χ1v) is 9.34. The van der Waals surface area contributed by atoms with Crippen molar-refractivity contribution in [2.75, 3.05) is 18.0 Å². The highest BCUT2D eigenvalue weighted by Gasteiger charge is 2.38. The van der Waals surface area contributed by atoms with E-state index in [0.29, 0.717) is 31.0 Å². The van der Waals surface area contributed by atoms with Crippen molar-refractivity contribution in [3.63, 3.8) is 0 Å². The number of nitriles is 1. The molecule has 0 bridgehead atoms. The van der Waals surface area contributed by atoms with Crippen LogP contribution in [0.4, 0.5) is 5.69 Å². The fourth-order valence-electron chi connectivity index (χ4n) is 4.08.